The van der Waals surface area contributed by atoms with Crippen LogP contribution in [0.5, 0.6) is 0 Å². The molecule has 1 heterocycles. The van der Waals surface area contributed by atoms with E-state index in [1.807, 2.05) is 68.4 Å². The van der Waals surface area contributed by atoms with Crippen molar-refractivity contribution < 1.29 is 14.2 Å². The summed E-state index contributed by atoms with van der Waals surface area (Å²) in [5, 5.41) is 11.9. The summed E-state index contributed by atoms with van der Waals surface area (Å²) < 4.78 is 20.4. The average molecular weight is 434 g/mol. The number of halogens is 1. The number of aliphatic hydroxyl groups is 1. The van der Waals surface area contributed by atoms with Gasteiger partial charge in [-0.05, 0) is 40.3 Å². The minimum atomic E-state index is -1.12. The highest BCUT2D eigenvalue weighted by Gasteiger charge is 2.43. The average Bonchev–Trinajstić information content (AvgIpc) is 2.80. The lowest BCUT2D eigenvalue weighted by Gasteiger charge is -2.44. The van der Waals surface area contributed by atoms with Gasteiger partial charge in [-0.25, -0.2) is 4.39 Å². The fourth-order valence-corrected chi connectivity index (χ4v) is 4.59. The fourth-order valence-electron chi connectivity index (χ4n) is 4.59. The van der Waals surface area contributed by atoms with E-state index < -0.39 is 5.60 Å². The predicted molar refractivity (Wildman–Crippen MR) is 127 cm³/mol. The molecular weight excluding hydrogens is 401 g/mol. The summed E-state index contributed by atoms with van der Waals surface area (Å²) in [6.07, 6.45) is -0.0249. The van der Waals surface area contributed by atoms with Gasteiger partial charge in [0, 0.05) is 26.1 Å². The Balaban J connectivity index is 1.60. The number of nitrogens with zero attached hydrogens (tertiary/aromatic N) is 1. The van der Waals surface area contributed by atoms with Crippen LogP contribution in [0.4, 0.5) is 4.39 Å². The molecule has 2 atom stereocenters. The van der Waals surface area contributed by atoms with Gasteiger partial charge in [0.15, 0.2) is 0 Å². The van der Waals surface area contributed by atoms with Crippen LogP contribution in [0.1, 0.15) is 25.0 Å². The highest BCUT2D eigenvalue weighted by molar-refractivity contribution is 5.67. The minimum absolute atomic E-state index is 0.0592. The maximum atomic E-state index is 14.3. The maximum Gasteiger partial charge on any atom is 0.123 e. The van der Waals surface area contributed by atoms with Crippen molar-refractivity contribution in [2.24, 2.45) is 5.92 Å². The Morgan fingerprint density at radius 2 is 1.72 bits per heavy atom. The first kappa shape index (κ1) is 22.7. The standard InChI is InChI=1S/C28H32FNO2/c1-21(2)28(31,27-20-30(15-16-32-27)19-22-9-5-3-6-10-22)18-24-17-25(29)13-14-26(24)23-11-7-4-8-12-23/h3-14,17,21,27,31H,15-16,18-20H2,1-2H3. The molecule has 3 aromatic carbocycles. The number of ether oxygens (including phenoxy) is 1. The zero-order chi connectivity index (χ0) is 22.6. The lowest BCUT2D eigenvalue weighted by molar-refractivity contribution is -0.163. The van der Waals surface area contributed by atoms with Crippen molar-refractivity contribution in [2.45, 2.75) is 38.5 Å². The molecule has 0 aliphatic carbocycles. The van der Waals surface area contributed by atoms with Crippen LogP contribution in [0, 0.1) is 11.7 Å². The Kier molecular flexibility index (Phi) is 7.04. The van der Waals surface area contributed by atoms with Crippen LogP contribution in [0.2, 0.25) is 0 Å². The largest absolute Gasteiger partial charge is 0.387 e. The normalized spacial score (nSPS) is 19.1. The second-order valence-corrected chi connectivity index (χ2v) is 9.07. The topological polar surface area (TPSA) is 32.7 Å². The van der Waals surface area contributed by atoms with Gasteiger partial charge in [-0.1, -0.05) is 80.6 Å². The highest BCUT2D eigenvalue weighted by atomic mass is 19.1. The van der Waals surface area contributed by atoms with Gasteiger partial charge in [0.1, 0.15) is 5.82 Å². The van der Waals surface area contributed by atoms with Crippen LogP contribution in [-0.4, -0.2) is 41.4 Å². The lowest BCUT2D eigenvalue weighted by Crippen LogP contribution is -2.58. The summed E-state index contributed by atoms with van der Waals surface area (Å²) in [6, 6.07) is 25.2. The molecule has 0 aromatic heterocycles. The Morgan fingerprint density at radius 3 is 2.41 bits per heavy atom. The van der Waals surface area contributed by atoms with Gasteiger partial charge in [-0.2, -0.15) is 0 Å². The van der Waals surface area contributed by atoms with E-state index in [-0.39, 0.29) is 17.8 Å². The first-order valence-corrected chi connectivity index (χ1v) is 11.4. The zero-order valence-corrected chi connectivity index (χ0v) is 18.9. The van der Waals surface area contributed by atoms with Gasteiger partial charge in [-0.15, -0.1) is 0 Å². The van der Waals surface area contributed by atoms with Gasteiger partial charge in [0.05, 0.1) is 18.3 Å². The summed E-state index contributed by atoms with van der Waals surface area (Å²) in [7, 11) is 0. The number of benzene rings is 3. The summed E-state index contributed by atoms with van der Waals surface area (Å²) in [6.45, 7) is 6.89. The van der Waals surface area contributed by atoms with Crippen LogP contribution in [0.15, 0.2) is 78.9 Å². The number of morpholine rings is 1. The van der Waals surface area contributed by atoms with E-state index >= 15 is 0 Å². The number of rotatable bonds is 7. The number of hydrogen-bond donors (Lipinski definition) is 1. The summed E-state index contributed by atoms with van der Waals surface area (Å²) in [5.74, 6) is -0.350. The van der Waals surface area contributed by atoms with Crippen LogP contribution >= 0.6 is 0 Å². The van der Waals surface area contributed by atoms with E-state index in [0.29, 0.717) is 19.6 Å². The van der Waals surface area contributed by atoms with E-state index in [1.54, 1.807) is 6.07 Å². The number of hydrogen-bond acceptors (Lipinski definition) is 3. The molecule has 1 N–H and O–H groups in total. The quantitative estimate of drug-likeness (QED) is 0.547. The summed E-state index contributed by atoms with van der Waals surface area (Å²) in [5.41, 5.74) is 2.90. The third-order valence-corrected chi connectivity index (χ3v) is 6.58. The first-order chi connectivity index (χ1) is 15.5. The third-order valence-electron chi connectivity index (χ3n) is 6.58. The maximum absolute atomic E-state index is 14.3. The third kappa shape index (κ3) is 5.09. The molecular formula is C28H32FNO2. The van der Waals surface area contributed by atoms with Crippen molar-refractivity contribution in [3.05, 3.63) is 95.8 Å². The lowest BCUT2D eigenvalue weighted by atomic mass is 9.77. The molecule has 0 bridgehead atoms. The van der Waals surface area contributed by atoms with E-state index in [1.165, 1.54) is 11.6 Å². The molecule has 0 saturated carbocycles. The monoisotopic (exact) mass is 433 g/mol. The van der Waals surface area contributed by atoms with Gasteiger partial charge in [0.2, 0.25) is 0 Å². The van der Waals surface area contributed by atoms with Crippen molar-refractivity contribution in [1.82, 2.24) is 4.90 Å². The molecule has 0 radical (unpaired) electrons. The molecule has 4 rings (SSSR count). The van der Waals surface area contributed by atoms with Crippen molar-refractivity contribution in [3.63, 3.8) is 0 Å². The van der Waals surface area contributed by atoms with Crippen molar-refractivity contribution in [1.29, 1.82) is 0 Å². The Hall–Kier alpha value is -2.53. The Morgan fingerprint density at radius 1 is 1.03 bits per heavy atom. The second-order valence-electron chi connectivity index (χ2n) is 9.07. The molecule has 0 amide bonds. The Labute approximate surface area is 190 Å². The molecule has 32 heavy (non-hydrogen) atoms. The molecule has 2 unspecified atom stereocenters. The van der Waals surface area contributed by atoms with Crippen molar-refractivity contribution in [3.8, 4) is 11.1 Å². The van der Waals surface area contributed by atoms with Crippen LogP contribution in [0.3, 0.4) is 0 Å². The molecule has 1 saturated heterocycles. The molecule has 3 aromatic rings. The van der Waals surface area contributed by atoms with Crippen LogP contribution in [-0.2, 0) is 17.7 Å². The molecule has 3 nitrogen and oxygen atoms in total. The SMILES string of the molecule is CC(C)C(O)(Cc1cc(F)ccc1-c1ccccc1)C1CN(Cc2ccccc2)CCO1. The van der Waals surface area contributed by atoms with Crippen LogP contribution < -0.4 is 0 Å². The molecule has 1 fully saturated rings. The van der Waals surface area contributed by atoms with Crippen molar-refractivity contribution >= 4 is 0 Å². The molecule has 4 heteroatoms. The van der Waals surface area contributed by atoms with Gasteiger partial charge in [-0.3, -0.25) is 4.90 Å². The van der Waals surface area contributed by atoms with Crippen LogP contribution in [0.25, 0.3) is 11.1 Å². The van der Waals surface area contributed by atoms with E-state index in [2.05, 4.69) is 17.0 Å². The summed E-state index contributed by atoms with van der Waals surface area (Å²) in [4.78, 5) is 2.33. The predicted octanol–water partition coefficient (Wildman–Crippen LogP) is 5.32. The molecule has 1 aliphatic heterocycles. The smallest absolute Gasteiger partial charge is 0.123 e. The van der Waals surface area contributed by atoms with Crippen molar-refractivity contribution in [2.75, 3.05) is 19.7 Å². The summed E-state index contributed by atoms with van der Waals surface area (Å²) >= 11 is 0. The van der Waals surface area contributed by atoms with E-state index in [4.69, 9.17) is 4.74 Å². The van der Waals surface area contributed by atoms with E-state index in [0.717, 1.165) is 29.8 Å². The fraction of sp³-hybridized carbons (Fsp3) is 0.357. The van der Waals surface area contributed by atoms with E-state index in [9.17, 15) is 9.50 Å². The highest BCUT2D eigenvalue weighted by Crippen LogP contribution is 2.34. The second kappa shape index (κ2) is 9.95. The zero-order valence-electron chi connectivity index (χ0n) is 18.9. The van der Waals surface area contributed by atoms with Gasteiger partial charge < -0.3 is 9.84 Å². The van der Waals surface area contributed by atoms with Gasteiger partial charge >= 0.3 is 0 Å². The minimum Gasteiger partial charge on any atom is -0.387 e. The first-order valence-electron chi connectivity index (χ1n) is 11.4. The Bertz CT molecular complexity index is 1010. The molecule has 0 spiro atoms. The van der Waals surface area contributed by atoms with Gasteiger partial charge in [0.25, 0.3) is 0 Å². The molecule has 168 valence electrons. The molecule has 1 aliphatic rings.